The fourth-order valence-electron chi connectivity index (χ4n) is 4.91. The summed E-state index contributed by atoms with van der Waals surface area (Å²) < 4.78 is 13.1. The summed E-state index contributed by atoms with van der Waals surface area (Å²) in [7, 11) is 0. The fraction of sp³-hybridized carbons (Fsp3) is 0.667. The summed E-state index contributed by atoms with van der Waals surface area (Å²) in [5, 5.41) is 3.47. The second-order valence-corrected chi connectivity index (χ2v) is 6.25. The van der Waals surface area contributed by atoms with E-state index in [-0.39, 0.29) is 5.95 Å². The standard InChI is InChI=1S/C15H19FN2/c16-14-5-2-6-15(18-14)17-13-8-9-7-12(13)11-4-1-3-10(9)11/h2,5-6,9-13H,1,3-4,7-8H2,(H,17,18). The largest absolute Gasteiger partial charge is 0.367 e. The summed E-state index contributed by atoms with van der Waals surface area (Å²) in [6, 6.07) is 5.54. The van der Waals surface area contributed by atoms with Gasteiger partial charge in [-0.1, -0.05) is 12.5 Å². The van der Waals surface area contributed by atoms with Gasteiger partial charge < -0.3 is 5.32 Å². The first-order valence-electron chi connectivity index (χ1n) is 7.20. The third-order valence-electron chi connectivity index (χ3n) is 5.48. The normalized spacial score (nSPS) is 41.1. The molecule has 5 unspecified atom stereocenters. The van der Waals surface area contributed by atoms with Crippen molar-refractivity contribution in [3.05, 3.63) is 24.1 Å². The van der Waals surface area contributed by atoms with Crippen molar-refractivity contribution in [1.29, 1.82) is 0 Å². The Kier molecular flexibility index (Phi) is 2.36. The van der Waals surface area contributed by atoms with Crippen LogP contribution in [-0.2, 0) is 0 Å². The molecule has 3 fully saturated rings. The van der Waals surface area contributed by atoms with Gasteiger partial charge in [-0.15, -0.1) is 0 Å². The quantitative estimate of drug-likeness (QED) is 0.808. The van der Waals surface area contributed by atoms with Gasteiger partial charge >= 0.3 is 0 Å². The molecule has 1 aromatic heterocycles. The number of aromatic nitrogens is 1. The third-order valence-corrected chi connectivity index (χ3v) is 5.48. The Hall–Kier alpha value is -1.12. The Morgan fingerprint density at radius 3 is 2.89 bits per heavy atom. The number of hydrogen-bond donors (Lipinski definition) is 1. The predicted octanol–water partition coefficient (Wildman–Crippen LogP) is 3.46. The minimum absolute atomic E-state index is 0.387. The zero-order chi connectivity index (χ0) is 12.1. The molecule has 2 bridgehead atoms. The lowest BCUT2D eigenvalue weighted by molar-refractivity contribution is 0.243. The molecule has 0 amide bonds. The summed E-state index contributed by atoms with van der Waals surface area (Å²) in [5.41, 5.74) is 0. The number of rotatable bonds is 2. The van der Waals surface area contributed by atoms with Crippen LogP contribution in [0, 0.1) is 29.6 Å². The lowest BCUT2D eigenvalue weighted by Crippen LogP contribution is -2.34. The van der Waals surface area contributed by atoms with E-state index in [0.29, 0.717) is 11.9 Å². The smallest absolute Gasteiger partial charge is 0.214 e. The van der Waals surface area contributed by atoms with E-state index in [1.54, 1.807) is 6.07 Å². The summed E-state index contributed by atoms with van der Waals surface area (Å²) >= 11 is 0. The Morgan fingerprint density at radius 1 is 1.11 bits per heavy atom. The van der Waals surface area contributed by atoms with Crippen LogP contribution < -0.4 is 5.32 Å². The van der Waals surface area contributed by atoms with Gasteiger partial charge in [0.25, 0.3) is 0 Å². The van der Waals surface area contributed by atoms with Crippen molar-refractivity contribution >= 4 is 5.82 Å². The van der Waals surface area contributed by atoms with Crippen molar-refractivity contribution in [3.8, 4) is 0 Å². The first kappa shape index (κ1) is 10.8. The molecule has 4 rings (SSSR count). The van der Waals surface area contributed by atoms with Gasteiger partial charge in [-0.2, -0.15) is 4.39 Å². The van der Waals surface area contributed by atoms with E-state index in [0.717, 1.165) is 23.7 Å². The van der Waals surface area contributed by atoms with Gasteiger partial charge in [-0.25, -0.2) is 4.98 Å². The van der Waals surface area contributed by atoms with Gasteiger partial charge in [0.1, 0.15) is 5.82 Å². The van der Waals surface area contributed by atoms with Crippen molar-refractivity contribution in [2.45, 2.75) is 38.1 Å². The number of nitrogens with zero attached hydrogens (tertiary/aromatic N) is 1. The van der Waals surface area contributed by atoms with Crippen LogP contribution in [0.5, 0.6) is 0 Å². The predicted molar refractivity (Wildman–Crippen MR) is 68.7 cm³/mol. The summed E-state index contributed by atoms with van der Waals surface area (Å²) in [4.78, 5) is 3.93. The number of fused-ring (bicyclic) bond motifs is 5. The maximum Gasteiger partial charge on any atom is 0.214 e. The van der Waals surface area contributed by atoms with Crippen LogP contribution in [0.1, 0.15) is 32.1 Å². The van der Waals surface area contributed by atoms with E-state index in [1.165, 1.54) is 38.2 Å². The van der Waals surface area contributed by atoms with Gasteiger partial charge in [0, 0.05) is 6.04 Å². The maximum atomic E-state index is 13.1. The number of halogens is 1. The van der Waals surface area contributed by atoms with Gasteiger partial charge in [-0.3, -0.25) is 0 Å². The van der Waals surface area contributed by atoms with E-state index in [2.05, 4.69) is 10.3 Å². The van der Waals surface area contributed by atoms with Crippen LogP contribution in [0.15, 0.2) is 18.2 Å². The molecule has 3 aliphatic carbocycles. The number of pyridine rings is 1. The molecule has 3 aliphatic rings. The van der Waals surface area contributed by atoms with Gasteiger partial charge in [-0.05, 0) is 61.5 Å². The van der Waals surface area contributed by atoms with E-state index in [1.807, 2.05) is 6.07 Å². The Morgan fingerprint density at radius 2 is 2.00 bits per heavy atom. The number of nitrogens with one attached hydrogen (secondary N) is 1. The van der Waals surface area contributed by atoms with Crippen molar-refractivity contribution in [2.24, 2.45) is 23.7 Å². The minimum atomic E-state index is -0.387. The summed E-state index contributed by atoms with van der Waals surface area (Å²) in [5.74, 6) is 4.01. The van der Waals surface area contributed by atoms with Crippen molar-refractivity contribution in [2.75, 3.05) is 5.32 Å². The molecule has 1 aromatic rings. The second-order valence-electron chi connectivity index (χ2n) is 6.25. The van der Waals surface area contributed by atoms with E-state index in [4.69, 9.17) is 0 Å². The van der Waals surface area contributed by atoms with Crippen LogP contribution in [0.4, 0.5) is 10.2 Å². The highest BCUT2D eigenvalue weighted by Gasteiger charge is 2.53. The molecular weight excluding hydrogens is 227 g/mol. The molecule has 1 N–H and O–H groups in total. The molecule has 0 spiro atoms. The Labute approximate surface area is 107 Å². The van der Waals surface area contributed by atoms with E-state index in [9.17, 15) is 4.39 Å². The molecule has 0 aliphatic heterocycles. The van der Waals surface area contributed by atoms with Crippen LogP contribution in [0.3, 0.4) is 0 Å². The topological polar surface area (TPSA) is 24.9 Å². The van der Waals surface area contributed by atoms with Crippen LogP contribution >= 0.6 is 0 Å². The highest BCUT2D eigenvalue weighted by molar-refractivity contribution is 5.36. The zero-order valence-electron chi connectivity index (χ0n) is 10.5. The van der Waals surface area contributed by atoms with Crippen LogP contribution in [0.2, 0.25) is 0 Å². The summed E-state index contributed by atoms with van der Waals surface area (Å²) in [6.45, 7) is 0. The SMILES string of the molecule is Fc1cccc(NC2CC3CC2C2CCCC32)n1. The van der Waals surface area contributed by atoms with Gasteiger partial charge in [0.05, 0.1) is 0 Å². The molecule has 2 nitrogen and oxygen atoms in total. The van der Waals surface area contributed by atoms with Crippen molar-refractivity contribution in [1.82, 2.24) is 4.98 Å². The lowest BCUT2D eigenvalue weighted by atomic mass is 9.79. The molecule has 96 valence electrons. The molecule has 3 saturated carbocycles. The average Bonchev–Trinajstić information content (AvgIpc) is 2.99. The van der Waals surface area contributed by atoms with Crippen molar-refractivity contribution < 1.29 is 4.39 Å². The molecular formula is C15H19FN2. The molecule has 3 heteroatoms. The highest BCUT2D eigenvalue weighted by atomic mass is 19.1. The molecule has 0 radical (unpaired) electrons. The summed E-state index contributed by atoms with van der Waals surface area (Å²) in [6.07, 6.45) is 6.96. The number of anilines is 1. The maximum absolute atomic E-state index is 13.1. The zero-order valence-corrected chi connectivity index (χ0v) is 10.5. The molecule has 18 heavy (non-hydrogen) atoms. The second kappa shape index (κ2) is 3.94. The van der Waals surface area contributed by atoms with E-state index < -0.39 is 0 Å². The molecule has 0 aromatic carbocycles. The molecule has 5 atom stereocenters. The lowest BCUT2D eigenvalue weighted by Gasteiger charge is -2.32. The Bertz CT molecular complexity index is 462. The Balaban J connectivity index is 1.51. The average molecular weight is 246 g/mol. The third kappa shape index (κ3) is 1.56. The monoisotopic (exact) mass is 246 g/mol. The number of hydrogen-bond acceptors (Lipinski definition) is 2. The van der Waals surface area contributed by atoms with Crippen LogP contribution in [0.25, 0.3) is 0 Å². The fourth-order valence-corrected chi connectivity index (χ4v) is 4.91. The highest BCUT2D eigenvalue weighted by Crippen LogP contribution is 2.59. The van der Waals surface area contributed by atoms with Crippen molar-refractivity contribution in [3.63, 3.8) is 0 Å². The van der Waals surface area contributed by atoms with E-state index >= 15 is 0 Å². The first-order chi connectivity index (χ1) is 8.81. The molecule has 0 saturated heterocycles. The molecule has 1 heterocycles. The van der Waals surface area contributed by atoms with Gasteiger partial charge in [0.2, 0.25) is 5.95 Å². The minimum Gasteiger partial charge on any atom is -0.367 e. The first-order valence-corrected chi connectivity index (χ1v) is 7.20. The van der Waals surface area contributed by atoms with Crippen LogP contribution in [-0.4, -0.2) is 11.0 Å². The van der Waals surface area contributed by atoms with Gasteiger partial charge in [0.15, 0.2) is 0 Å².